The van der Waals surface area contributed by atoms with Gasteiger partial charge in [0.1, 0.15) is 29.5 Å². The maximum Gasteiger partial charge on any atom is 0.319 e. The fourth-order valence-electron chi connectivity index (χ4n) is 7.42. The average molecular weight is 627 g/mol. The van der Waals surface area contributed by atoms with Gasteiger partial charge in [-0.2, -0.15) is 9.97 Å². The number of aryl methyl sites for hydroxylation is 1. The molecule has 0 atom stereocenters. The van der Waals surface area contributed by atoms with E-state index in [4.69, 9.17) is 26.1 Å². The molecule has 0 amide bonds. The van der Waals surface area contributed by atoms with Crippen molar-refractivity contribution in [2.75, 3.05) is 44.6 Å². The smallest absolute Gasteiger partial charge is 0.319 e. The molecule has 0 unspecified atom stereocenters. The van der Waals surface area contributed by atoms with Crippen LogP contribution in [0.5, 0.6) is 6.01 Å². The summed E-state index contributed by atoms with van der Waals surface area (Å²) in [7, 11) is 0. The van der Waals surface area contributed by atoms with Crippen molar-refractivity contribution in [3.05, 3.63) is 53.2 Å². The standard InChI is InChI=1S/C35H38F2N6O.C2H6/c1-2-24-26(36)14-13-23-10-7-11-25(28(23)24)31-30(37)32-29-27(40-31)12-5-3-4-6-17-38-18-19-39-33(29)42-34(41-32)44-22-35-15-8-20-43(35)21-9-16-35;1-2/h1,7,10-11,13-14,38H,3-6,8-9,12,15-22H2,(H,39,41,42);1-2H3. The molecule has 5 heterocycles. The molecule has 0 spiro atoms. The van der Waals surface area contributed by atoms with Gasteiger partial charge in [0.05, 0.1) is 22.2 Å². The summed E-state index contributed by atoms with van der Waals surface area (Å²) in [4.78, 5) is 17.0. The van der Waals surface area contributed by atoms with E-state index in [1.165, 1.54) is 6.07 Å². The topological polar surface area (TPSA) is 75.2 Å². The molecular weight excluding hydrogens is 582 g/mol. The number of hydrogen-bond donors (Lipinski definition) is 2. The molecule has 0 bridgehead atoms. The highest BCUT2D eigenvalue weighted by molar-refractivity contribution is 6.02. The van der Waals surface area contributed by atoms with E-state index in [-0.39, 0.29) is 28.3 Å². The molecule has 3 aliphatic rings. The summed E-state index contributed by atoms with van der Waals surface area (Å²) in [6, 6.07) is 8.58. The lowest BCUT2D eigenvalue weighted by molar-refractivity contribution is 0.108. The van der Waals surface area contributed by atoms with E-state index in [9.17, 15) is 4.39 Å². The third-order valence-corrected chi connectivity index (χ3v) is 9.63. The summed E-state index contributed by atoms with van der Waals surface area (Å²) in [5.74, 6) is 1.89. The van der Waals surface area contributed by atoms with E-state index >= 15 is 4.39 Å². The Morgan fingerprint density at radius 1 is 0.913 bits per heavy atom. The van der Waals surface area contributed by atoms with Crippen LogP contribution < -0.4 is 15.4 Å². The molecule has 2 aromatic carbocycles. The predicted molar refractivity (Wildman–Crippen MR) is 181 cm³/mol. The minimum Gasteiger partial charge on any atom is -0.461 e. The second-order valence-corrected chi connectivity index (χ2v) is 12.3. The number of fused-ring (bicyclic) bond motifs is 2. The summed E-state index contributed by atoms with van der Waals surface area (Å²) in [5, 5.41) is 8.67. The molecule has 0 saturated carbocycles. The van der Waals surface area contributed by atoms with Gasteiger partial charge in [-0.25, -0.2) is 13.8 Å². The summed E-state index contributed by atoms with van der Waals surface area (Å²) in [5.41, 5.74) is 1.51. The van der Waals surface area contributed by atoms with Crippen molar-refractivity contribution in [2.45, 2.75) is 77.2 Å². The molecule has 2 saturated heterocycles. The third kappa shape index (κ3) is 6.13. The Balaban J connectivity index is 0.00000182. The number of terminal acetylenes is 1. The van der Waals surface area contributed by atoms with Crippen molar-refractivity contribution in [3.8, 4) is 29.6 Å². The molecule has 3 aliphatic heterocycles. The first-order valence-corrected chi connectivity index (χ1v) is 17.0. The Hall–Kier alpha value is -3.87. The number of nitrogens with zero attached hydrogens (tertiary/aromatic N) is 4. The second-order valence-electron chi connectivity index (χ2n) is 12.3. The van der Waals surface area contributed by atoms with E-state index in [2.05, 4.69) is 21.5 Å². The zero-order valence-electron chi connectivity index (χ0n) is 27.0. The number of benzene rings is 2. The Kier molecular flexibility index (Phi) is 9.95. The van der Waals surface area contributed by atoms with Crippen LogP contribution in [0.1, 0.15) is 76.5 Å². The van der Waals surface area contributed by atoms with Gasteiger partial charge < -0.3 is 15.4 Å². The predicted octanol–water partition coefficient (Wildman–Crippen LogP) is 7.26. The molecule has 9 heteroatoms. The first kappa shape index (κ1) is 32.1. The molecule has 46 heavy (non-hydrogen) atoms. The number of rotatable bonds is 4. The maximum atomic E-state index is 16.9. The lowest BCUT2D eigenvalue weighted by Gasteiger charge is -2.31. The van der Waals surface area contributed by atoms with E-state index in [1.807, 2.05) is 26.0 Å². The number of nitrogens with one attached hydrogen (secondary N) is 2. The molecule has 242 valence electrons. The van der Waals surface area contributed by atoms with Crippen molar-refractivity contribution in [3.63, 3.8) is 0 Å². The molecule has 4 aromatic rings. The van der Waals surface area contributed by atoms with Crippen LogP contribution >= 0.6 is 0 Å². The van der Waals surface area contributed by atoms with Crippen molar-refractivity contribution < 1.29 is 13.5 Å². The minimum atomic E-state index is -0.595. The summed E-state index contributed by atoms with van der Waals surface area (Å²) < 4.78 is 38.2. The highest BCUT2D eigenvalue weighted by Gasteiger charge is 2.45. The van der Waals surface area contributed by atoms with Crippen LogP contribution in [0.25, 0.3) is 32.9 Å². The number of halogens is 2. The van der Waals surface area contributed by atoms with E-state index < -0.39 is 11.6 Å². The van der Waals surface area contributed by atoms with Gasteiger partial charge in [-0.05, 0) is 76.0 Å². The van der Waals surface area contributed by atoms with Gasteiger partial charge in [-0.3, -0.25) is 4.90 Å². The first-order valence-electron chi connectivity index (χ1n) is 17.0. The van der Waals surface area contributed by atoms with Gasteiger partial charge in [-0.1, -0.05) is 56.9 Å². The summed E-state index contributed by atoms with van der Waals surface area (Å²) >= 11 is 0. The Morgan fingerprint density at radius 2 is 1.72 bits per heavy atom. The molecule has 2 aromatic heterocycles. The largest absolute Gasteiger partial charge is 0.461 e. The van der Waals surface area contributed by atoms with Crippen molar-refractivity contribution >= 4 is 27.5 Å². The van der Waals surface area contributed by atoms with Gasteiger partial charge in [-0.15, -0.1) is 6.42 Å². The lowest BCUT2D eigenvalue weighted by atomic mass is 9.95. The van der Waals surface area contributed by atoms with Gasteiger partial charge in [0.2, 0.25) is 0 Å². The van der Waals surface area contributed by atoms with Crippen LogP contribution in [0.3, 0.4) is 0 Å². The number of aromatic nitrogens is 3. The molecule has 2 N–H and O–H groups in total. The molecule has 7 rings (SSSR count). The quantitative estimate of drug-likeness (QED) is 0.231. The molecular formula is C37H44F2N6O. The number of anilines is 1. The highest BCUT2D eigenvalue weighted by atomic mass is 19.1. The number of hydrogen-bond acceptors (Lipinski definition) is 7. The van der Waals surface area contributed by atoms with Crippen LogP contribution in [0.4, 0.5) is 14.6 Å². The van der Waals surface area contributed by atoms with E-state index in [1.54, 1.807) is 12.1 Å². The SMILES string of the molecule is C#Cc1c(F)ccc2cccc(-c3nc4c5c(nc(OCC67CCCN6CCC7)nc5c3F)NCCNCCCCCC4)c12.CC. The highest BCUT2D eigenvalue weighted by Crippen LogP contribution is 2.40. The average Bonchev–Trinajstić information content (AvgIpc) is 3.67. The molecule has 2 fully saturated rings. The Labute approximate surface area is 270 Å². The normalized spacial score (nSPS) is 18.3. The second kappa shape index (κ2) is 14.3. The number of pyridine rings is 1. The Bertz CT molecular complexity index is 1740. The van der Waals surface area contributed by atoms with Gasteiger partial charge >= 0.3 is 6.01 Å². The van der Waals surface area contributed by atoms with E-state index in [0.717, 1.165) is 82.9 Å². The van der Waals surface area contributed by atoms with Crippen molar-refractivity contribution in [1.29, 1.82) is 0 Å². The Morgan fingerprint density at radius 3 is 2.52 bits per heavy atom. The molecule has 0 aliphatic carbocycles. The first-order chi connectivity index (χ1) is 22.6. The van der Waals surface area contributed by atoms with Crippen LogP contribution in [-0.2, 0) is 6.42 Å². The van der Waals surface area contributed by atoms with Crippen molar-refractivity contribution in [2.24, 2.45) is 0 Å². The van der Waals surface area contributed by atoms with Gasteiger partial charge in [0, 0.05) is 24.0 Å². The summed E-state index contributed by atoms with van der Waals surface area (Å²) in [6.07, 6.45) is 15.0. The van der Waals surface area contributed by atoms with Crippen LogP contribution in [0.2, 0.25) is 0 Å². The third-order valence-electron chi connectivity index (χ3n) is 9.63. The monoisotopic (exact) mass is 626 g/mol. The lowest BCUT2D eigenvalue weighted by Crippen LogP contribution is -2.43. The van der Waals surface area contributed by atoms with Crippen LogP contribution in [0.15, 0.2) is 30.3 Å². The van der Waals surface area contributed by atoms with E-state index in [0.29, 0.717) is 47.4 Å². The zero-order chi connectivity index (χ0) is 32.1. The minimum absolute atomic E-state index is 0.00313. The van der Waals surface area contributed by atoms with Gasteiger partial charge in [0.25, 0.3) is 0 Å². The molecule has 0 radical (unpaired) electrons. The van der Waals surface area contributed by atoms with Gasteiger partial charge in [0.15, 0.2) is 5.82 Å². The fourth-order valence-corrected chi connectivity index (χ4v) is 7.42. The van der Waals surface area contributed by atoms with Crippen molar-refractivity contribution in [1.82, 2.24) is 25.2 Å². The molecule has 7 nitrogen and oxygen atoms in total. The summed E-state index contributed by atoms with van der Waals surface area (Å²) in [6.45, 7) is 8.95. The maximum absolute atomic E-state index is 16.9. The fraction of sp³-hybridized carbons (Fsp3) is 0.486. The zero-order valence-corrected chi connectivity index (χ0v) is 27.0. The van der Waals surface area contributed by atoms with Crippen LogP contribution in [0, 0.1) is 24.0 Å². The number of ether oxygens (including phenoxy) is 1. The van der Waals surface area contributed by atoms with Crippen LogP contribution in [-0.4, -0.2) is 64.7 Å².